The Balaban J connectivity index is 2.39. The van der Waals surface area contributed by atoms with Gasteiger partial charge in [0.1, 0.15) is 0 Å². The molecular formula is C13H15BrN2S. The van der Waals surface area contributed by atoms with Gasteiger partial charge in [-0.3, -0.25) is 4.90 Å². The van der Waals surface area contributed by atoms with Gasteiger partial charge in [-0.05, 0) is 63.3 Å². The third-order valence-corrected chi connectivity index (χ3v) is 3.45. The predicted octanol–water partition coefficient (Wildman–Crippen LogP) is 3.83. The van der Waals surface area contributed by atoms with Gasteiger partial charge in [-0.15, -0.1) is 0 Å². The Morgan fingerprint density at radius 1 is 1.24 bits per heavy atom. The summed E-state index contributed by atoms with van der Waals surface area (Å²) in [6.45, 7) is 6.31. The zero-order valence-electron chi connectivity index (χ0n) is 10.1. The van der Waals surface area contributed by atoms with Gasteiger partial charge >= 0.3 is 0 Å². The highest BCUT2D eigenvalue weighted by Crippen LogP contribution is 2.26. The minimum absolute atomic E-state index is 0.0764. The molecule has 4 heteroatoms. The second kappa shape index (κ2) is 4.42. The lowest BCUT2D eigenvalue weighted by molar-refractivity contribution is 0.560. The molecule has 1 heterocycles. The van der Waals surface area contributed by atoms with E-state index in [9.17, 15) is 0 Å². The lowest BCUT2D eigenvalue weighted by Crippen LogP contribution is -2.53. The van der Waals surface area contributed by atoms with E-state index in [4.69, 9.17) is 12.2 Å². The maximum atomic E-state index is 5.43. The molecule has 0 saturated heterocycles. The highest BCUT2D eigenvalue weighted by molar-refractivity contribution is 9.10. The first-order chi connectivity index (χ1) is 7.89. The van der Waals surface area contributed by atoms with Crippen LogP contribution in [0.5, 0.6) is 0 Å². The lowest BCUT2D eigenvalue weighted by Gasteiger charge is -2.38. The molecule has 0 radical (unpaired) electrons. The van der Waals surface area contributed by atoms with E-state index < -0.39 is 0 Å². The van der Waals surface area contributed by atoms with Crippen LogP contribution in [0.15, 0.2) is 40.5 Å². The van der Waals surface area contributed by atoms with Crippen molar-refractivity contribution in [3.05, 3.63) is 40.5 Å². The topological polar surface area (TPSA) is 15.3 Å². The summed E-state index contributed by atoms with van der Waals surface area (Å²) < 4.78 is 1.07. The fourth-order valence-corrected chi connectivity index (χ4v) is 2.80. The minimum Gasteiger partial charge on any atom is -0.354 e. The molecule has 2 nitrogen and oxygen atoms in total. The molecule has 2 rings (SSSR count). The first kappa shape index (κ1) is 12.6. The molecule has 1 aliphatic rings. The molecule has 0 unspecified atom stereocenters. The molecule has 0 atom stereocenters. The normalized spacial score (nSPS) is 18.7. The van der Waals surface area contributed by atoms with E-state index in [1.165, 1.54) is 0 Å². The first-order valence-electron chi connectivity index (χ1n) is 5.46. The molecular weight excluding hydrogens is 296 g/mol. The van der Waals surface area contributed by atoms with E-state index in [0.717, 1.165) is 21.0 Å². The Morgan fingerprint density at radius 2 is 1.82 bits per heavy atom. The highest BCUT2D eigenvalue weighted by Gasteiger charge is 2.27. The Morgan fingerprint density at radius 3 is 2.35 bits per heavy atom. The Kier molecular flexibility index (Phi) is 3.27. The fraction of sp³-hybridized carbons (Fsp3) is 0.308. The molecule has 0 saturated carbocycles. The summed E-state index contributed by atoms with van der Waals surface area (Å²) >= 11 is 8.87. The number of hydrogen-bond acceptors (Lipinski definition) is 1. The van der Waals surface area contributed by atoms with Gasteiger partial charge in [0.15, 0.2) is 5.11 Å². The van der Waals surface area contributed by atoms with Crippen LogP contribution in [0.3, 0.4) is 0 Å². The number of nitrogens with zero attached hydrogens (tertiary/aromatic N) is 1. The summed E-state index contributed by atoms with van der Waals surface area (Å²) in [4.78, 5) is 2.05. The molecule has 0 fully saturated rings. The number of hydrogen-bond donors (Lipinski definition) is 1. The van der Waals surface area contributed by atoms with Crippen molar-refractivity contribution in [2.75, 3.05) is 4.90 Å². The van der Waals surface area contributed by atoms with Gasteiger partial charge in [0.2, 0.25) is 0 Å². The number of anilines is 1. The van der Waals surface area contributed by atoms with Crippen molar-refractivity contribution in [1.29, 1.82) is 0 Å². The van der Waals surface area contributed by atoms with Gasteiger partial charge in [0.05, 0.1) is 5.54 Å². The molecule has 0 aliphatic carbocycles. The molecule has 1 aromatic carbocycles. The second-order valence-corrected chi connectivity index (χ2v) is 6.05. The van der Waals surface area contributed by atoms with Gasteiger partial charge in [0.25, 0.3) is 0 Å². The van der Waals surface area contributed by atoms with Crippen molar-refractivity contribution in [3.63, 3.8) is 0 Å². The Hall–Kier alpha value is -0.870. The van der Waals surface area contributed by atoms with Crippen LogP contribution in [0.2, 0.25) is 0 Å². The third-order valence-electron chi connectivity index (χ3n) is 2.64. The standard InChI is InChI=1S/C13H15BrN2S/c1-9-8-13(2,3)15-12(17)16(9)11-6-4-10(14)5-7-11/h4-8H,1-3H3,(H,15,17). The number of allylic oxidation sites excluding steroid dienone is 1. The SMILES string of the molecule is CC1=CC(C)(C)NC(=S)N1c1ccc(Br)cc1. The van der Waals surface area contributed by atoms with E-state index in [-0.39, 0.29) is 5.54 Å². The van der Waals surface area contributed by atoms with Gasteiger partial charge in [-0.1, -0.05) is 15.9 Å². The number of halogens is 1. The number of thiocarbonyl (C=S) groups is 1. The van der Waals surface area contributed by atoms with Crippen LogP contribution >= 0.6 is 28.1 Å². The molecule has 0 amide bonds. The van der Waals surface area contributed by atoms with Crippen molar-refractivity contribution in [2.24, 2.45) is 0 Å². The largest absolute Gasteiger partial charge is 0.354 e. The molecule has 1 aromatic rings. The van der Waals surface area contributed by atoms with Crippen molar-refractivity contribution >= 4 is 38.9 Å². The van der Waals surface area contributed by atoms with E-state index in [1.54, 1.807) is 0 Å². The van der Waals surface area contributed by atoms with Gasteiger partial charge in [0, 0.05) is 15.9 Å². The van der Waals surface area contributed by atoms with Crippen molar-refractivity contribution in [1.82, 2.24) is 5.32 Å². The monoisotopic (exact) mass is 310 g/mol. The van der Waals surface area contributed by atoms with Crippen molar-refractivity contribution in [3.8, 4) is 0 Å². The maximum absolute atomic E-state index is 5.43. The Labute approximate surface area is 116 Å². The van der Waals surface area contributed by atoms with Crippen LogP contribution in [0, 0.1) is 0 Å². The van der Waals surface area contributed by atoms with E-state index in [2.05, 4.69) is 48.1 Å². The smallest absolute Gasteiger partial charge is 0.178 e. The maximum Gasteiger partial charge on any atom is 0.178 e. The van der Waals surface area contributed by atoms with Crippen LogP contribution < -0.4 is 10.2 Å². The fourth-order valence-electron chi connectivity index (χ4n) is 2.03. The average Bonchev–Trinajstić information content (AvgIpc) is 2.18. The number of rotatable bonds is 1. The molecule has 0 aromatic heterocycles. The van der Waals surface area contributed by atoms with Crippen molar-refractivity contribution < 1.29 is 0 Å². The van der Waals surface area contributed by atoms with Gasteiger partial charge in [-0.25, -0.2) is 0 Å². The van der Waals surface area contributed by atoms with E-state index in [1.807, 2.05) is 29.2 Å². The summed E-state index contributed by atoms with van der Waals surface area (Å²) in [7, 11) is 0. The van der Waals surface area contributed by atoms with E-state index >= 15 is 0 Å². The summed E-state index contributed by atoms with van der Waals surface area (Å²) in [6.07, 6.45) is 2.19. The van der Waals surface area contributed by atoms with Gasteiger partial charge in [-0.2, -0.15) is 0 Å². The van der Waals surface area contributed by atoms with Crippen LogP contribution in [0.4, 0.5) is 5.69 Å². The lowest BCUT2D eigenvalue weighted by atomic mass is 10.0. The quantitative estimate of drug-likeness (QED) is 0.794. The zero-order chi connectivity index (χ0) is 12.6. The average molecular weight is 311 g/mol. The number of nitrogens with one attached hydrogen (secondary N) is 1. The van der Waals surface area contributed by atoms with Gasteiger partial charge < -0.3 is 5.32 Å². The van der Waals surface area contributed by atoms with E-state index in [0.29, 0.717) is 0 Å². The molecule has 90 valence electrons. The van der Waals surface area contributed by atoms with Crippen LogP contribution in [-0.4, -0.2) is 10.7 Å². The molecule has 17 heavy (non-hydrogen) atoms. The highest BCUT2D eigenvalue weighted by atomic mass is 79.9. The molecule has 0 spiro atoms. The number of benzene rings is 1. The van der Waals surface area contributed by atoms with Crippen LogP contribution in [0.25, 0.3) is 0 Å². The zero-order valence-corrected chi connectivity index (χ0v) is 12.5. The minimum atomic E-state index is -0.0764. The summed E-state index contributed by atoms with van der Waals surface area (Å²) in [6, 6.07) is 8.14. The molecule has 0 bridgehead atoms. The molecule has 1 N–H and O–H groups in total. The van der Waals surface area contributed by atoms with Crippen molar-refractivity contribution in [2.45, 2.75) is 26.3 Å². The van der Waals surface area contributed by atoms with Crippen LogP contribution in [-0.2, 0) is 0 Å². The second-order valence-electron chi connectivity index (χ2n) is 4.75. The Bertz CT molecular complexity index is 477. The molecule has 1 aliphatic heterocycles. The third kappa shape index (κ3) is 2.69. The first-order valence-corrected chi connectivity index (χ1v) is 6.66. The predicted molar refractivity (Wildman–Crippen MR) is 80.2 cm³/mol. The van der Waals surface area contributed by atoms with Crippen LogP contribution in [0.1, 0.15) is 20.8 Å². The summed E-state index contributed by atoms with van der Waals surface area (Å²) in [5.74, 6) is 0. The summed E-state index contributed by atoms with van der Waals surface area (Å²) in [5, 5.41) is 4.07. The summed E-state index contributed by atoms with van der Waals surface area (Å²) in [5.41, 5.74) is 2.16.